The van der Waals surface area contributed by atoms with Crippen LogP contribution in [0.4, 0.5) is 11.4 Å². The number of nitro groups is 1. The molecule has 0 bridgehead atoms. The van der Waals surface area contributed by atoms with Crippen LogP contribution >= 0.6 is 11.6 Å². The van der Waals surface area contributed by atoms with Crippen molar-refractivity contribution < 1.29 is 28.8 Å². The predicted octanol–water partition coefficient (Wildman–Crippen LogP) is 3.40. The highest BCUT2D eigenvalue weighted by atomic mass is 35.5. The number of hydrogen-bond donors (Lipinski definition) is 1. The molecular formula is C19H17ClN2O7. The topological polar surface area (TPSA) is 125 Å². The lowest BCUT2D eigenvalue weighted by atomic mass is 10.1. The van der Waals surface area contributed by atoms with Crippen LogP contribution in [0, 0.1) is 10.1 Å². The fourth-order valence-corrected chi connectivity index (χ4v) is 2.37. The number of amides is 1. The van der Waals surface area contributed by atoms with E-state index in [0.29, 0.717) is 11.3 Å². The van der Waals surface area contributed by atoms with E-state index in [2.05, 4.69) is 5.32 Å². The molecular weight excluding hydrogens is 404 g/mol. The molecule has 1 N–H and O–H groups in total. The molecule has 0 atom stereocenters. The van der Waals surface area contributed by atoms with Crippen molar-refractivity contribution >= 4 is 40.6 Å². The van der Waals surface area contributed by atoms with Gasteiger partial charge in [-0.25, -0.2) is 0 Å². The number of carbonyl (C=O) groups is 3. The third kappa shape index (κ3) is 6.89. The maximum Gasteiger partial charge on any atom is 0.309 e. The third-order valence-electron chi connectivity index (χ3n) is 3.63. The van der Waals surface area contributed by atoms with Crippen LogP contribution < -0.4 is 10.1 Å². The Hall–Kier alpha value is -3.46. The van der Waals surface area contributed by atoms with E-state index in [1.807, 2.05) is 0 Å². The fraction of sp³-hybridized carbons (Fsp3) is 0.211. The summed E-state index contributed by atoms with van der Waals surface area (Å²) < 4.78 is 10.2. The first-order valence-corrected chi connectivity index (χ1v) is 8.77. The predicted molar refractivity (Wildman–Crippen MR) is 104 cm³/mol. The van der Waals surface area contributed by atoms with E-state index in [0.717, 1.165) is 6.07 Å². The minimum Gasteiger partial charge on any atom is -0.493 e. The number of hydrogen-bond acceptors (Lipinski definition) is 7. The number of halogens is 1. The summed E-state index contributed by atoms with van der Waals surface area (Å²) in [6.07, 6.45) is -0.108. The van der Waals surface area contributed by atoms with Gasteiger partial charge in [-0.15, -0.1) is 0 Å². The van der Waals surface area contributed by atoms with Crippen molar-refractivity contribution in [2.24, 2.45) is 0 Å². The van der Waals surface area contributed by atoms with Crippen molar-refractivity contribution in [1.29, 1.82) is 0 Å². The monoisotopic (exact) mass is 420 g/mol. The summed E-state index contributed by atoms with van der Waals surface area (Å²) in [5.74, 6) is -0.992. The Balaban J connectivity index is 1.75. The Labute approximate surface area is 170 Å². The van der Waals surface area contributed by atoms with Gasteiger partial charge in [0.25, 0.3) is 11.6 Å². The van der Waals surface area contributed by atoms with Crippen molar-refractivity contribution in [3.63, 3.8) is 0 Å². The van der Waals surface area contributed by atoms with Gasteiger partial charge in [-0.3, -0.25) is 24.5 Å². The normalized spacial score (nSPS) is 10.1. The van der Waals surface area contributed by atoms with Gasteiger partial charge in [0.2, 0.25) is 0 Å². The van der Waals surface area contributed by atoms with Gasteiger partial charge in [0.05, 0.1) is 18.0 Å². The van der Waals surface area contributed by atoms with E-state index in [4.69, 9.17) is 21.1 Å². The molecule has 0 aromatic heterocycles. The maximum atomic E-state index is 11.9. The molecule has 0 heterocycles. The Bertz CT molecular complexity index is 929. The van der Waals surface area contributed by atoms with E-state index >= 15 is 0 Å². The molecule has 152 valence electrons. The molecule has 2 aromatic rings. The van der Waals surface area contributed by atoms with Crippen LogP contribution in [0.3, 0.4) is 0 Å². The van der Waals surface area contributed by atoms with Crippen LogP contribution in [0.2, 0.25) is 5.02 Å². The summed E-state index contributed by atoms with van der Waals surface area (Å²) in [6.45, 7) is 0.863. The van der Waals surface area contributed by atoms with Crippen molar-refractivity contribution in [2.75, 3.05) is 18.5 Å². The summed E-state index contributed by atoms with van der Waals surface area (Å²) in [7, 11) is 0. The highest BCUT2D eigenvalue weighted by Crippen LogP contribution is 2.27. The Morgan fingerprint density at radius 1 is 1.14 bits per heavy atom. The Kier molecular flexibility index (Phi) is 7.67. The number of benzene rings is 2. The molecule has 10 heteroatoms. The van der Waals surface area contributed by atoms with Crippen molar-refractivity contribution in [3.05, 3.63) is 63.2 Å². The van der Waals surface area contributed by atoms with Gasteiger partial charge in [-0.05, 0) is 43.3 Å². The van der Waals surface area contributed by atoms with Crippen LogP contribution in [-0.2, 0) is 14.3 Å². The average Bonchev–Trinajstić information content (AvgIpc) is 2.68. The first-order chi connectivity index (χ1) is 13.8. The molecule has 0 saturated heterocycles. The molecule has 0 aliphatic heterocycles. The highest BCUT2D eigenvalue weighted by Gasteiger charge is 2.17. The maximum absolute atomic E-state index is 11.9. The number of Topliss-reactive ketones (excluding diaryl/α,β-unsaturated/α-hetero) is 1. The number of nitrogens with one attached hydrogen (secondary N) is 1. The standard InChI is InChI=1S/C19H17ClN2O7/c1-12(23)13-2-5-15(6-3-13)28-9-8-19(25)29-11-18(24)21-16-7-4-14(20)10-17(16)22(26)27/h2-7,10H,8-9,11H2,1H3,(H,21,24). The van der Waals surface area contributed by atoms with E-state index in [1.54, 1.807) is 24.3 Å². The molecule has 0 aliphatic rings. The van der Waals surface area contributed by atoms with E-state index in [1.165, 1.54) is 19.1 Å². The molecule has 2 rings (SSSR count). The van der Waals surface area contributed by atoms with Gasteiger partial charge in [0, 0.05) is 16.7 Å². The highest BCUT2D eigenvalue weighted by molar-refractivity contribution is 6.31. The van der Waals surface area contributed by atoms with Gasteiger partial charge in [0.15, 0.2) is 12.4 Å². The number of nitro benzene ring substituents is 1. The number of carbonyl (C=O) groups excluding carboxylic acids is 3. The molecule has 0 fully saturated rings. The van der Waals surface area contributed by atoms with Gasteiger partial charge in [-0.2, -0.15) is 0 Å². The zero-order valence-electron chi connectivity index (χ0n) is 15.3. The molecule has 9 nitrogen and oxygen atoms in total. The van der Waals surface area contributed by atoms with E-state index in [9.17, 15) is 24.5 Å². The van der Waals surface area contributed by atoms with Crippen LogP contribution in [0.15, 0.2) is 42.5 Å². The number of rotatable bonds is 9. The minimum atomic E-state index is -0.732. The summed E-state index contributed by atoms with van der Waals surface area (Å²) >= 11 is 5.70. The lowest BCUT2D eigenvalue weighted by Gasteiger charge is -2.08. The number of esters is 1. The van der Waals surface area contributed by atoms with Crippen molar-refractivity contribution in [3.8, 4) is 5.75 Å². The lowest BCUT2D eigenvalue weighted by molar-refractivity contribution is -0.383. The first-order valence-electron chi connectivity index (χ1n) is 8.39. The largest absolute Gasteiger partial charge is 0.493 e. The second kappa shape index (κ2) is 10.2. The smallest absolute Gasteiger partial charge is 0.309 e. The molecule has 0 unspecified atom stereocenters. The van der Waals surface area contributed by atoms with Crippen molar-refractivity contribution in [1.82, 2.24) is 0 Å². The second-order valence-electron chi connectivity index (χ2n) is 5.81. The minimum absolute atomic E-state index is 0.0164. The summed E-state index contributed by atoms with van der Waals surface area (Å²) in [6, 6.07) is 10.2. The van der Waals surface area contributed by atoms with E-state index in [-0.39, 0.29) is 35.2 Å². The lowest BCUT2D eigenvalue weighted by Crippen LogP contribution is -2.22. The summed E-state index contributed by atoms with van der Waals surface area (Å²) in [5, 5.41) is 13.4. The molecule has 0 saturated carbocycles. The van der Waals surface area contributed by atoms with E-state index < -0.39 is 23.4 Å². The zero-order chi connectivity index (χ0) is 21.4. The zero-order valence-corrected chi connectivity index (χ0v) is 16.1. The number of ether oxygens (including phenoxy) is 2. The number of ketones is 1. The molecule has 2 aromatic carbocycles. The van der Waals surface area contributed by atoms with Crippen LogP contribution in [-0.4, -0.2) is 35.8 Å². The molecule has 29 heavy (non-hydrogen) atoms. The third-order valence-corrected chi connectivity index (χ3v) is 3.87. The Morgan fingerprint density at radius 2 is 1.83 bits per heavy atom. The van der Waals surface area contributed by atoms with Crippen LogP contribution in [0.1, 0.15) is 23.7 Å². The van der Waals surface area contributed by atoms with Gasteiger partial charge < -0.3 is 14.8 Å². The quantitative estimate of drug-likeness (QED) is 0.285. The SMILES string of the molecule is CC(=O)c1ccc(OCCC(=O)OCC(=O)Nc2ccc(Cl)cc2[N+](=O)[O-])cc1. The van der Waals surface area contributed by atoms with Gasteiger partial charge in [-0.1, -0.05) is 11.6 Å². The molecule has 1 amide bonds. The van der Waals surface area contributed by atoms with Gasteiger partial charge in [0.1, 0.15) is 11.4 Å². The summed E-state index contributed by atoms with van der Waals surface area (Å²) in [5.41, 5.74) is 0.114. The number of anilines is 1. The average molecular weight is 421 g/mol. The molecule has 0 aliphatic carbocycles. The number of nitrogens with zero attached hydrogens (tertiary/aromatic N) is 1. The second-order valence-corrected chi connectivity index (χ2v) is 6.24. The van der Waals surface area contributed by atoms with Gasteiger partial charge >= 0.3 is 5.97 Å². The summed E-state index contributed by atoms with van der Waals surface area (Å²) in [4.78, 5) is 45.1. The molecule has 0 radical (unpaired) electrons. The molecule has 0 spiro atoms. The first kappa shape index (κ1) is 21.8. The fourth-order valence-electron chi connectivity index (χ4n) is 2.20. The van der Waals surface area contributed by atoms with Crippen LogP contribution in [0.5, 0.6) is 5.75 Å². The van der Waals surface area contributed by atoms with Crippen molar-refractivity contribution in [2.45, 2.75) is 13.3 Å². The Morgan fingerprint density at radius 3 is 2.45 bits per heavy atom. The van der Waals surface area contributed by atoms with Crippen LogP contribution in [0.25, 0.3) is 0 Å².